The van der Waals surface area contributed by atoms with Gasteiger partial charge in [-0.25, -0.2) is 4.39 Å². The Morgan fingerprint density at radius 2 is 1.49 bits per heavy atom. The molecule has 1 heterocycles. The summed E-state index contributed by atoms with van der Waals surface area (Å²) in [5, 5.41) is 37.6. The molecule has 12 nitrogen and oxygen atoms in total. The second-order valence-corrected chi connectivity index (χ2v) is 8.94. The van der Waals surface area contributed by atoms with Gasteiger partial charge in [-0.3, -0.25) is 14.4 Å². The van der Waals surface area contributed by atoms with Crippen molar-refractivity contribution in [1.29, 1.82) is 5.41 Å². The summed E-state index contributed by atoms with van der Waals surface area (Å²) in [4.78, 5) is 37.0. The fraction of sp³-hybridized carbons (Fsp3) is 0.615. The van der Waals surface area contributed by atoms with E-state index in [-0.39, 0.29) is 31.4 Å². The molecule has 0 bridgehead atoms. The van der Waals surface area contributed by atoms with E-state index in [0.717, 1.165) is 18.2 Å². The van der Waals surface area contributed by atoms with E-state index in [1.807, 2.05) is 0 Å². The van der Waals surface area contributed by atoms with Crippen LogP contribution in [0.2, 0.25) is 0 Å². The SMILES string of the molecule is CCCC(=O)O[C@H]1[C@H](OC(=O)CCC)COC(OC(O)C(=N)C(F)c2ccc(O)c(O)c2)[C@@H]1OC(=O)CCC. The molecule has 0 saturated carbocycles. The normalized spacial score (nSPS) is 22.4. The third-order valence-corrected chi connectivity index (χ3v) is 5.66. The highest BCUT2D eigenvalue weighted by atomic mass is 19.1. The van der Waals surface area contributed by atoms with Crippen molar-refractivity contribution in [3.63, 3.8) is 0 Å². The van der Waals surface area contributed by atoms with Crippen molar-refractivity contribution in [3.8, 4) is 11.5 Å². The number of hydrogen-bond donors (Lipinski definition) is 4. The van der Waals surface area contributed by atoms with E-state index in [0.29, 0.717) is 19.3 Å². The van der Waals surface area contributed by atoms with Gasteiger partial charge in [0, 0.05) is 19.3 Å². The van der Waals surface area contributed by atoms with Gasteiger partial charge in [0.15, 0.2) is 42.3 Å². The van der Waals surface area contributed by atoms with Crippen LogP contribution in [0.4, 0.5) is 4.39 Å². The van der Waals surface area contributed by atoms with E-state index < -0.39 is 72.2 Å². The molecule has 1 fully saturated rings. The molecule has 1 aliphatic rings. The minimum atomic E-state index is -2.25. The van der Waals surface area contributed by atoms with Crippen LogP contribution in [0.15, 0.2) is 18.2 Å². The van der Waals surface area contributed by atoms with Crippen molar-refractivity contribution in [3.05, 3.63) is 23.8 Å². The van der Waals surface area contributed by atoms with Gasteiger partial charge in [0.25, 0.3) is 0 Å². The second kappa shape index (κ2) is 15.3. The predicted molar refractivity (Wildman–Crippen MR) is 133 cm³/mol. The van der Waals surface area contributed by atoms with Crippen molar-refractivity contribution >= 4 is 23.6 Å². The lowest BCUT2D eigenvalue weighted by Gasteiger charge is -2.41. The summed E-state index contributed by atoms with van der Waals surface area (Å²) in [5.41, 5.74) is -1.24. The molecule has 0 spiro atoms. The lowest BCUT2D eigenvalue weighted by Crippen LogP contribution is -2.59. The van der Waals surface area contributed by atoms with Crippen LogP contribution in [-0.2, 0) is 38.1 Å². The van der Waals surface area contributed by atoms with Crippen molar-refractivity contribution in [1.82, 2.24) is 0 Å². The molecule has 0 aromatic heterocycles. The number of hydrogen-bond acceptors (Lipinski definition) is 12. The van der Waals surface area contributed by atoms with E-state index in [4.69, 9.17) is 29.1 Å². The van der Waals surface area contributed by atoms with Crippen LogP contribution in [0.25, 0.3) is 0 Å². The quantitative estimate of drug-likeness (QED) is 0.0867. The largest absolute Gasteiger partial charge is 0.504 e. The highest BCUT2D eigenvalue weighted by Gasteiger charge is 2.49. The molecular formula is C26H36FNO11. The van der Waals surface area contributed by atoms with E-state index >= 15 is 0 Å². The number of nitrogens with one attached hydrogen (secondary N) is 1. The number of aliphatic hydroxyl groups excluding tert-OH is 1. The van der Waals surface area contributed by atoms with Crippen molar-refractivity contribution in [2.24, 2.45) is 0 Å². The molecular weight excluding hydrogens is 521 g/mol. The Morgan fingerprint density at radius 3 is 2.03 bits per heavy atom. The van der Waals surface area contributed by atoms with Crippen molar-refractivity contribution < 1.29 is 57.8 Å². The highest BCUT2D eigenvalue weighted by molar-refractivity contribution is 5.89. The Bertz CT molecular complexity index is 1000. The first-order valence-corrected chi connectivity index (χ1v) is 12.8. The zero-order valence-electron chi connectivity index (χ0n) is 22.1. The standard InChI is InChI=1S/C26H36FNO11/c1-4-7-18(31)36-17-13-35-26(24(38-20(33)9-6-3)23(17)37-19(32)8-5-2)39-25(34)22(28)21(27)14-10-11-15(29)16(30)12-14/h10-12,17,21,23-26,28-30,34H,4-9,13H2,1-3H3/t17-,21?,23+,24-,25?,26?/m1/s1. The van der Waals surface area contributed by atoms with Gasteiger partial charge in [-0.1, -0.05) is 26.8 Å². The van der Waals surface area contributed by atoms with Crippen LogP contribution in [0.1, 0.15) is 71.0 Å². The van der Waals surface area contributed by atoms with Gasteiger partial charge in [0.05, 0.1) is 6.61 Å². The van der Waals surface area contributed by atoms with Crippen molar-refractivity contribution in [2.75, 3.05) is 6.61 Å². The number of esters is 3. The van der Waals surface area contributed by atoms with E-state index in [9.17, 15) is 34.1 Å². The zero-order chi connectivity index (χ0) is 29.1. The molecule has 39 heavy (non-hydrogen) atoms. The van der Waals surface area contributed by atoms with Crippen LogP contribution >= 0.6 is 0 Å². The number of aromatic hydroxyl groups is 2. The summed E-state index contributed by atoms with van der Waals surface area (Å²) in [6, 6.07) is 3.00. The lowest BCUT2D eigenvalue weighted by atomic mass is 10.0. The van der Waals surface area contributed by atoms with Crippen LogP contribution in [0.3, 0.4) is 0 Å². The fourth-order valence-electron chi connectivity index (χ4n) is 3.69. The first kappa shape index (κ1) is 31.9. The molecule has 0 amide bonds. The number of phenols is 2. The molecule has 4 N–H and O–H groups in total. The highest BCUT2D eigenvalue weighted by Crippen LogP contribution is 2.32. The van der Waals surface area contributed by atoms with Gasteiger partial charge in [-0.05, 0) is 37.0 Å². The van der Waals surface area contributed by atoms with E-state index in [2.05, 4.69) is 0 Å². The Hall–Kier alpha value is -3.29. The minimum absolute atomic E-state index is 0.0183. The summed E-state index contributed by atoms with van der Waals surface area (Å²) in [5.74, 6) is -3.11. The maximum atomic E-state index is 15.0. The van der Waals surface area contributed by atoms with E-state index in [1.165, 1.54) is 0 Å². The number of ether oxygens (including phenoxy) is 5. The third kappa shape index (κ3) is 9.15. The van der Waals surface area contributed by atoms with Crippen LogP contribution in [-0.4, -0.2) is 76.4 Å². The van der Waals surface area contributed by atoms with Crippen LogP contribution < -0.4 is 0 Å². The molecule has 3 unspecified atom stereocenters. The first-order chi connectivity index (χ1) is 18.5. The molecule has 218 valence electrons. The molecule has 6 atom stereocenters. The van der Waals surface area contributed by atoms with Gasteiger partial charge in [-0.2, -0.15) is 0 Å². The maximum Gasteiger partial charge on any atom is 0.306 e. The number of halogens is 1. The Kier molecular flexibility index (Phi) is 12.6. The summed E-state index contributed by atoms with van der Waals surface area (Å²) in [7, 11) is 0. The number of carbonyl (C=O) groups is 3. The lowest BCUT2D eigenvalue weighted by molar-refractivity contribution is -0.303. The smallest absolute Gasteiger partial charge is 0.306 e. The summed E-state index contributed by atoms with van der Waals surface area (Å²) < 4.78 is 42.3. The Balaban J connectivity index is 2.30. The average Bonchev–Trinajstić information content (AvgIpc) is 2.88. The molecule has 2 rings (SSSR count). The number of carbonyl (C=O) groups excluding carboxylic acids is 3. The third-order valence-electron chi connectivity index (χ3n) is 5.66. The first-order valence-electron chi connectivity index (χ1n) is 12.8. The van der Waals surface area contributed by atoms with Crippen LogP contribution in [0.5, 0.6) is 11.5 Å². The molecule has 1 saturated heterocycles. The number of aliphatic hydroxyl groups is 1. The zero-order valence-corrected chi connectivity index (χ0v) is 22.1. The van der Waals surface area contributed by atoms with Gasteiger partial charge in [0.2, 0.25) is 6.29 Å². The van der Waals surface area contributed by atoms with Gasteiger partial charge in [-0.15, -0.1) is 0 Å². The second-order valence-electron chi connectivity index (χ2n) is 8.94. The number of rotatable bonds is 14. The van der Waals surface area contributed by atoms with Crippen LogP contribution in [0, 0.1) is 5.41 Å². The summed E-state index contributed by atoms with van der Waals surface area (Å²) in [6.45, 7) is 4.87. The van der Waals surface area contributed by atoms with Crippen molar-refractivity contribution in [2.45, 2.75) is 96.4 Å². The van der Waals surface area contributed by atoms with Gasteiger partial charge in [0.1, 0.15) is 5.71 Å². The number of phenolic OH excluding ortho intramolecular Hbond substituents is 2. The van der Waals surface area contributed by atoms with Gasteiger partial charge < -0.3 is 44.4 Å². The Labute approximate surface area is 225 Å². The molecule has 1 aromatic carbocycles. The predicted octanol–water partition coefficient (Wildman–Crippen LogP) is 2.96. The minimum Gasteiger partial charge on any atom is -0.504 e. The average molecular weight is 558 g/mol. The van der Waals surface area contributed by atoms with E-state index in [1.54, 1.807) is 20.8 Å². The molecule has 1 aromatic rings. The molecule has 13 heteroatoms. The topological polar surface area (TPSA) is 182 Å². The summed E-state index contributed by atoms with van der Waals surface area (Å²) >= 11 is 0. The summed E-state index contributed by atoms with van der Waals surface area (Å²) in [6.07, 6.45) is -8.76. The molecule has 0 aliphatic carbocycles. The molecule has 0 radical (unpaired) electrons. The number of alkyl halides is 1. The maximum absolute atomic E-state index is 15.0. The van der Waals surface area contributed by atoms with Gasteiger partial charge >= 0.3 is 17.9 Å². The Morgan fingerprint density at radius 1 is 0.949 bits per heavy atom. The fourth-order valence-corrected chi connectivity index (χ4v) is 3.69. The monoisotopic (exact) mass is 557 g/mol. The number of benzene rings is 1. The molecule has 1 aliphatic heterocycles.